The molecule has 1 heterocycles. The number of hydrogen-bond donors (Lipinski definition) is 3. The largest absolute Gasteiger partial charge is 0.394 e. The molecule has 5 nitrogen and oxygen atoms in total. The maximum absolute atomic E-state index is 9.52. The molecular weight excluding hydrogens is 204 g/mol. The zero-order valence-corrected chi connectivity index (χ0v) is 9.32. The lowest BCUT2D eigenvalue weighted by atomic mass is 9.82. The number of nitrogens with two attached hydrogens (primary N) is 1. The molecule has 5 heteroatoms. The number of hydrogen-bond acceptors (Lipinski definition) is 5. The summed E-state index contributed by atoms with van der Waals surface area (Å²) in [5, 5.41) is 20.6. The molecule has 1 aromatic rings. The third-order valence-electron chi connectivity index (χ3n) is 3.19. The van der Waals surface area contributed by atoms with Gasteiger partial charge in [0, 0.05) is 0 Å². The fourth-order valence-corrected chi connectivity index (χ4v) is 2.23. The van der Waals surface area contributed by atoms with Gasteiger partial charge in [0.1, 0.15) is 11.6 Å². The Morgan fingerprint density at radius 2 is 2.00 bits per heavy atom. The number of aliphatic hydroxyl groups is 1. The third-order valence-corrected chi connectivity index (χ3v) is 3.19. The fourth-order valence-electron chi connectivity index (χ4n) is 2.23. The van der Waals surface area contributed by atoms with Crippen molar-refractivity contribution in [2.24, 2.45) is 0 Å². The van der Waals surface area contributed by atoms with Crippen LogP contribution < -0.4 is 11.1 Å². The average Bonchev–Trinajstić information content (AvgIpc) is 2.33. The highest BCUT2D eigenvalue weighted by Gasteiger charge is 2.31. The summed E-state index contributed by atoms with van der Waals surface area (Å²) in [6.07, 6.45) is 5.51. The minimum absolute atomic E-state index is 0.138. The van der Waals surface area contributed by atoms with Gasteiger partial charge in [-0.25, -0.2) is 0 Å². The van der Waals surface area contributed by atoms with Gasteiger partial charge in [-0.2, -0.15) is 0 Å². The molecule has 0 bridgehead atoms. The van der Waals surface area contributed by atoms with Crippen LogP contribution in [0.1, 0.15) is 32.1 Å². The van der Waals surface area contributed by atoms with E-state index in [-0.39, 0.29) is 12.1 Å². The van der Waals surface area contributed by atoms with E-state index in [1.54, 1.807) is 12.1 Å². The van der Waals surface area contributed by atoms with E-state index < -0.39 is 0 Å². The lowest BCUT2D eigenvalue weighted by molar-refractivity contribution is 0.172. The Morgan fingerprint density at radius 3 is 2.56 bits per heavy atom. The summed E-state index contributed by atoms with van der Waals surface area (Å²) in [6.45, 7) is 0.138. The molecule has 0 atom stereocenters. The first-order chi connectivity index (χ1) is 7.74. The highest BCUT2D eigenvalue weighted by Crippen LogP contribution is 2.30. The van der Waals surface area contributed by atoms with E-state index in [2.05, 4.69) is 15.5 Å². The van der Waals surface area contributed by atoms with Crippen molar-refractivity contribution in [2.75, 3.05) is 17.7 Å². The molecule has 1 aromatic heterocycles. The molecule has 1 aliphatic carbocycles. The van der Waals surface area contributed by atoms with E-state index in [0.717, 1.165) is 25.7 Å². The molecule has 1 aliphatic rings. The molecule has 1 saturated carbocycles. The van der Waals surface area contributed by atoms with E-state index >= 15 is 0 Å². The number of aromatic nitrogens is 2. The summed E-state index contributed by atoms with van der Waals surface area (Å²) < 4.78 is 0. The fraction of sp³-hybridized carbons (Fsp3) is 0.636. The van der Waals surface area contributed by atoms with E-state index in [0.29, 0.717) is 11.6 Å². The summed E-state index contributed by atoms with van der Waals surface area (Å²) in [7, 11) is 0. The van der Waals surface area contributed by atoms with E-state index in [1.165, 1.54) is 6.42 Å². The monoisotopic (exact) mass is 222 g/mol. The number of nitrogens with zero attached hydrogens (tertiary/aromatic N) is 2. The molecule has 1 fully saturated rings. The molecule has 88 valence electrons. The van der Waals surface area contributed by atoms with Crippen molar-refractivity contribution in [1.82, 2.24) is 10.2 Å². The van der Waals surface area contributed by atoms with Crippen LogP contribution in [-0.2, 0) is 0 Å². The molecule has 2 rings (SSSR count). The van der Waals surface area contributed by atoms with Crippen LogP contribution in [0.25, 0.3) is 0 Å². The van der Waals surface area contributed by atoms with Crippen molar-refractivity contribution in [3.63, 3.8) is 0 Å². The molecule has 0 unspecified atom stereocenters. The van der Waals surface area contributed by atoms with Crippen molar-refractivity contribution in [3.8, 4) is 0 Å². The van der Waals surface area contributed by atoms with Crippen molar-refractivity contribution >= 4 is 11.6 Å². The van der Waals surface area contributed by atoms with Crippen LogP contribution in [0.4, 0.5) is 11.6 Å². The number of nitrogen functional groups attached to an aromatic ring is 1. The lowest BCUT2D eigenvalue weighted by Gasteiger charge is -2.36. The van der Waals surface area contributed by atoms with Crippen molar-refractivity contribution in [3.05, 3.63) is 12.1 Å². The van der Waals surface area contributed by atoms with Crippen molar-refractivity contribution < 1.29 is 5.11 Å². The molecule has 0 aromatic carbocycles. The van der Waals surface area contributed by atoms with Crippen LogP contribution in [0.2, 0.25) is 0 Å². The second-order valence-corrected chi connectivity index (χ2v) is 4.47. The summed E-state index contributed by atoms with van der Waals surface area (Å²) in [4.78, 5) is 0. The first-order valence-corrected chi connectivity index (χ1v) is 5.72. The molecule has 0 radical (unpaired) electrons. The Hall–Kier alpha value is -1.36. The zero-order chi connectivity index (χ0) is 11.4. The van der Waals surface area contributed by atoms with Crippen LogP contribution in [0.15, 0.2) is 12.1 Å². The van der Waals surface area contributed by atoms with Gasteiger partial charge in [-0.1, -0.05) is 19.3 Å². The van der Waals surface area contributed by atoms with Crippen LogP contribution in [-0.4, -0.2) is 27.4 Å². The number of aliphatic hydroxyl groups excluding tert-OH is 1. The van der Waals surface area contributed by atoms with Crippen LogP contribution in [0.5, 0.6) is 0 Å². The van der Waals surface area contributed by atoms with Gasteiger partial charge in [0.15, 0.2) is 0 Å². The number of anilines is 2. The summed E-state index contributed by atoms with van der Waals surface area (Å²) in [5.41, 5.74) is 5.26. The van der Waals surface area contributed by atoms with Crippen LogP contribution in [0.3, 0.4) is 0 Å². The molecule has 0 saturated heterocycles. The summed E-state index contributed by atoms with van der Waals surface area (Å²) in [6, 6.07) is 3.51. The lowest BCUT2D eigenvalue weighted by Crippen LogP contribution is -2.44. The zero-order valence-electron chi connectivity index (χ0n) is 9.32. The highest BCUT2D eigenvalue weighted by molar-refractivity contribution is 5.41. The Balaban J connectivity index is 2.08. The Kier molecular flexibility index (Phi) is 3.24. The van der Waals surface area contributed by atoms with Crippen LogP contribution in [0, 0.1) is 0 Å². The predicted molar refractivity (Wildman–Crippen MR) is 63.0 cm³/mol. The standard InChI is InChI=1S/C11H18N4O/c12-9-4-5-10(15-14-9)13-11(8-16)6-2-1-3-7-11/h4-5,16H,1-3,6-8H2,(H2,12,14)(H,13,15). The Labute approximate surface area is 95.1 Å². The smallest absolute Gasteiger partial charge is 0.149 e. The first kappa shape index (κ1) is 11.1. The van der Waals surface area contributed by atoms with E-state index in [1.807, 2.05) is 0 Å². The molecular formula is C11H18N4O. The van der Waals surface area contributed by atoms with Gasteiger partial charge in [-0.15, -0.1) is 10.2 Å². The second kappa shape index (κ2) is 4.65. The molecule has 0 aliphatic heterocycles. The second-order valence-electron chi connectivity index (χ2n) is 4.47. The Bertz CT molecular complexity index is 332. The topological polar surface area (TPSA) is 84.1 Å². The Morgan fingerprint density at radius 1 is 1.25 bits per heavy atom. The molecule has 0 amide bonds. The van der Waals surface area contributed by atoms with Crippen molar-refractivity contribution in [2.45, 2.75) is 37.6 Å². The molecule has 16 heavy (non-hydrogen) atoms. The van der Waals surface area contributed by atoms with E-state index in [9.17, 15) is 5.11 Å². The minimum Gasteiger partial charge on any atom is -0.394 e. The normalized spacial score (nSPS) is 19.3. The third kappa shape index (κ3) is 2.41. The van der Waals surface area contributed by atoms with Gasteiger partial charge in [0.25, 0.3) is 0 Å². The van der Waals surface area contributed by atoms with Gasteiger partial charge >= 0.3 is 0 Å². The summed E-state index contributed by atoms with van der Waals surface area (Å²) in [5.74, 6) is 1.09. The molecule has 0 spiro atoms. The summed E-state index contributed by atoms with van der Waals surface area (Å²) >= 11 is 0. The quantitative estimate of drug-likeness (QED) is 0.715. The predicted octanol–water partition coefficient (Wildman–Crippen LogP) is 1.17. The first-order valence-electron chi connectivity index (χ1n) is 5.72. The maximum Gasteiger partial charge on any atom is 0.149 e. The van der Waals surface area contributed by atoms with Gasteiger partial charge in [-0.05, 0) is 25.0 Å². The van der Waals surface area contributed by atoms with Gasteiger partial charge in [-0.3, -0.25) is 0 Å². The molecule has 4 N–H and O–H groups in total. The SMILES string of the molecule is Nc1ccc(NC2(CO)CCCCC2)nn1. The maximum atomic E-state index is 9.52. The van der Waals surface area contributed by atoms with Crippen LogP contribution >= 0.6 is 0 Å². The van der Waals surface area contributed by atoms with E-state index in [4.69, 9.17) is 5.73 Å². The van der Waals surface area contributed by atoms with Gasteiger partial charge in [0.05, 0.1) is 12.1 Å². The van der Waals surface area contributed by atoms with Gasteiger partial charge in [0.2, 0.25) is 0 Å². The van der Waals surface area contributed by atoms with Crippen molar-refractivity contribution in [1.29, 1.82) is 0 Å². The number of rotatable bonds is 3. The number of nitrogens with one attached hydrogen (secondary N) is 1. The minimum atomic E-state index is -0.219. The van der Waals surface area contributed by atoms with Gasteiger partial charge < -0.3 is 16.2 Å². The highest BCUT2D eigenvalue weighted by atomic mass is 16.3. The average molecular weight is 222 g/mol.